The summed E-state index contributed by atoms with van der Waals surface area (Å²) in [5.74, 6) is -5.20. The number of benzene rings is 6. The Kier molecular flexibility index (Phi) is 27.9. The van der Waals surface area contributed by atoms with E-state index in [1.165, 1.54) is 73.2 Å². The SMILES string of the molecule is Cc1cc(C2=NO[C@@](c3cc(Cl)c(F)c(Cl)c3)(C(F)(F)F)C2)ccc1C(=O)NC1CN(S(=O)(=O)N(CC(F)(F)F)CC(F)(F)F)C1.Cc1cc(C2=NO[C@@](c3cc(Cl)c(F)c(Cl)c3)(C(F)(F)F)C2)ccc1C(=O)NC1CN(S(=O)(=O)NCC(F)(F)F)C1.Cc1cc(C2=NO[C@@](c3cc(Cl)c(F)c(Cl)c3)(C(F)(F)F)C2)ccc1C(=O)NC1CN(S(N)(=O)=O)C1. The number of rotatable bonds is 20. The van der Waals surface area contributed by atoms with Crippen LogP contribution >= 0.6 is 69.6 Å². The van der Waals surface area contributed by atoms with Gasteiger partial charge in [0, 0.05) is 91.9 Å². The minimum atomic E-state index is -5.26. The number of hydrogen-bond donors (Lipinski definition) is 5. The third-order valence-corrected chi connectivity index (χ3v) is 25.4. The van der Waals surface area contributed by atoms with Crippen molar-refractivity contribution in [2.75, 3.05) is 58.9 Å². The zero-order valence-electron chi connectivity index (χ0n) is 61.9. The Labute approximate surface area is 712 Å². The summed E-state index contributed by atoms with van der Waals surface area (Å²) in [6.45, 7) is -3.69. The quantitative estimate of drug-likeness (QED) is 0.0352. The summed E-state index contributed by atoms with van der Waals surface area (Å²) in [6.07, 6.45) is -32.7. The van der Waals surface area contributed by atoms with Crippen LogP contribution in [0.4, 0.5) is 92.2 Å². The van der Waals surface area contributed by atoms with Gasteiger partial charge in [0.15, 0.2) is 17.5 Å². The van der Waals surface area contributed by atoms with Gasteiger partial charge in [-0.3, -0.25) is 14.4 Å². The van der Waals surface area contributed by atoms with Crippen LogP contribution in [0.2, 0.25) is 30.1 Å². The van der Waals surface area contributed by atoms with Crippen LogP contribution in [0.5, 0.6) is 0 Å². The number of carbonyl (C=O) groups is 3. The standard InChI is InChI=1S/C25H20Cl2F10N4O4S.C23H19Cl2F7N4O4S.C21H18Cl2F4N4O4S/c1-12-4-13(19-7-22(45-39-19,25(35,36)37)14-5-17(26)20(28)18(27)6-14)2-3-16(12)21(42)38-15-8-40(9-15)46(43,44)41(10-23(29,30)31)11-24(32,33)34;1-11-4-12(18-7-21(40-35-18,23(30,31)32)13-5-16(24)19(26)17(25)6-13)2-3-15(11)20(37)34-14-8-36(9-14)41(38,39)33-10-22(27,28)29;1-10-4-11(2-3-14(10)19(32)29-13-8-31(9-13)36(28,33)34)17-7-20(35-30-17,21(25,26)27)12-5-15(22)18(24)16(23)6-12/h2-6,15H,7-11H2,1H3,(H,38,42);2-6,14,33H,7-10H2,1H3,(H,34,37);2-6,13H,7-9H2,1H3,(H,29,32)(H2,28,33,34)/t22-;21-;20-/m000/s1. The molecular formula is C69H57Cl6F21N12O12S3. The zero-order valence-corrected chi connectivity index (χ0v) is 68.9. The summed E-state index contributed by atoms with van der Waals surface area (Å²) in [5, 5.41) is 19.6. The van der Waals surface area contributed by atoms with Crippen LogP contribution in [-0.4, -0.2) is 191 Å². The van der Waals surface area contributed by atoms with Crippen molar-refractivity contribution in [2.45, 2.75) is 112 Å². The molecule has 54 heteroatoms. The molecule has 0 saturated carbocycles. The summed E-state index contributed by atoms with van der Waals surface area (Å²) >= 11 is 34.2. The largest absolute Gasteiger partial charge is 0.435 e. The Hall–Kier alpha value is -7.98. The van der Waals surface area contributed by atoms with Crippen molar-refractivity contribution >= 4 is 135 Å². The molecule has 0 unspecified atom stereocenters. The molecule has 0 aliphatic carbocycles. The number of alkyl halides is 18. The second kappa shape index (κ2) is 35.3. The van der Waals surface area contributed by atoms with Crippen LogP contribution in [0.1, 0.15) is 100 Å². The minimum absolute atomic E-state index is 0.0282. The van der Waals surface area contributed by atoms with Gasteiger partial charge in [0.2, 0.25) is 0 Å². The highest BCUT2D eigenvalue weighted by molar-refractivity contribution is 7.87. The number of halogens is 27. The van der Waals surface area contributed by atoms with Crippen molar-refractivity contribution in [2.24, 2.45) is 20.6 Å². The van der Waals surface area contributed by atoms with Crippen LogP contribution in [0.3, 0.4) is 0 Å². The lowest BCUT2D eigenvalue weighted by atomic mass is 9.86. The van der Waals surface area contributed by atoms with Crippen molar-refractivity contribution in [3.63, 3.8) is 0 Å². The van der Waals surface area contributed by atoms with Gasteiger partial charge in [-0.05, 0) is 127 Å². The molecule has 672 valence electrons. The maximum Gasteiger partial charge on any atom is 0.435 e. The van der Waals surface area contributed by atoms with E-state index in [1.807, 2.05) is 0 Å². The Balaban J connectivity index is 0.000000195. The van der Waals surface area contributed by atoms with Gasteiger partial charge in [-0.15, -0.1) is 0 Å². The fourth-order valence-corrected chi connectivity index (χ4v) is 18.1. The molecule has 3 fully saturated rings. The van der Waals surface area contributed by atoms with Gasteiger partial charge in [-0.1, -0.05) is 103 Å². The van der Waals surface area contributed by atoms with Gasteiger partial charge >= 0.3 is 37.1 Å². The maximum absolute atomic E-state index is 14.3. The molecule has 3 amide bonds. The van der Waals surface area contributed by atoms with E-state index >= 15 is 0 Å². The molecule has 6 aromatic rings. The van der Waals surface area contributed by atoms with Crippen molar-refractivity contribution in [3.05, 3.63) is 205 Å². The van der Waals surface area contributed by atoms with Gasteiger partial charge < -0.3 is 30.5 Å². The number of nitrogens with one attached hydrogen (secondary N) is 4. The molecule has 0 bridgehead atoms. The smallest absolute Gasteiger partial charge is 0.374 e. The van der Waals surface area contributed by atoms with E-state index in [9.17, 15) is 132 Å². The number of amides is 3. The third-order valence-electron chi connectivity index (χ3n) is 19.4. The molecular weight excluding hydrogens is 1900 g/mol. The van der Waals surface area contributed by atoms with E-state index in [4.69, 9.17) is 89.3 Å². The molecule has 3 atom stereocenters. The summed E-state index contributed by atoms with van der Waals surface area (Å²) < 4.78 is 357. The maximum atomic E-state index is 14.3. The highest BCUT2D eigenvalue weighted by Gasteiger charge is 2.65. The predicted molar refractivity (Wildman–Crippen MR) is 400 cm³/mol. The molecule has 3 saturated heterocycles. The van der Waals surface area contributed by atoms with Crippen LogP contribution in [0.15, 0.2) is 106 Å². The van der Waals surface area contributed by atoms with Gasteiger partial charge in [0.05, 0.1) is 65.4 Å². The second-order valence-corrected chi connectivity index (χ2v) is 35.9. The first-order chi connectivity index (χ1) is 56.4. The zero-order chi connectivity index (χ0) is 91.8. The van der Waals surface area contributed by atoms with E-state index in [-0.39, 0.29) is 82.3 Å². The number of aryl methyl sites for hydroxylation is 3. The molecule has 0 aromatic heterocycles. The van der Waals surface area contributed by atoms with Crippen molar-refractivity contribution in [3.8, 4) is 0 Å². The highest BCUT2D eigenvalue weighted by Crippen LogP contribution is 2.54. The Morgan fingerprint density at radius 1 is 0.431 bits per heavy atom. The molecule has 24 nitrogen and oxygen atoms in total. The molecule has 12 rings (SSSR count). The Morgan fingerprint density at radius 2 is 0.691 bits per heavy atom. The molecule has 6 heterocycles. The number of nitrogens with two attached hydrogens (primary N) is 1. The van der Waals surface area contributed by atoms with Crippen LogP contribution < -0.4 is 25.8 Å². The molecule has 0 spiro atoms. The number of carbonyl (C=O) groups excluding carboxylic acids is 3. The first-order valence-electron chi connectivity index (χ1n) is 34.5. The molecule has 6 N–H and O–H groups in total. The molecule has 123 heavy (non-hydrogen) atoms. The highest BCUT2D eigenvalue weighted by atomic mass is 35.5. The first-order valence-corrected chi connectivity index (χ1v) is 41.1. The molecule has 6 aliphatic rings. The van der Waals surface area contributed by atoms with Crippen molar-refractivity contribution < 1.29 is 146 Å². The lowest BCUT2D eigenvalue weighted by Gasteiger charge is -2.41. The molecule has 6 aromatic carbocycles. The monoisotopic (exact) mass is 1950 g/mol. The minimum Gasteiger partial charge on any atom is -0.374 e. The topological polar surface area (TPSA) is 305 Å². The number of hydrogen-bond acceptors (Lipinski definition) is 15. The van der Waals surface area contributed by atoms with E-state index in [0.29, 0.717) is 27.6 Å². The third kappa shape index (κ3) is 21.5. The average Bonchev–Trinajstić information content (AvgIpc) is 1.61. The van der Waals surface area contributed by atoms with Crippen LogP contribution in [0, 0.1) is 38.2 Å². The second-order valence-electron chi connectivity index (χ2n) is 28.2. The fourth-order valence-electron chi connectivity index (χ4n) is 12.9. The predicted octanol–water partition coefficient (Wildman–Crippen LogP) is 14.6. The van der Waals surface area contributed by atoms with E-state index in [2.05, 4.69) is 31.4 Å². The van der Waals surface area contributed by atoms with Crippen molar-refractivity contribution in [1.82, 2.24) is 37.9 Å². The van der Waals surface area contributed by atoms with Gasteiger partial charge in [0.25, 0.3) is 65.2 Å². The summed E-state index contributed by atoms with van der Waals surface area (Å²) in [6, 6.07) is 14.6. The Morgan fingerprint density at radius 3 is 0.927 bits per heavy atom. The van der Waals surface area contributed by atoms with Gasteiger partial charge in [-0.2, -0.15) is 126 Å². The van der Waals surface area contributed by atoms with Crippen LogP contribution in [0.25, 0.3) is 0 Å². The fraction of sp³-hybridized carbons (Fsp3) is 0.391. The average molecular weight is 1950 g/mol. The summed E-state index contributed by atoms with van der Waals surface area (Å²) in [7, 11) is -13.4. The lowest BCUT2D eigenvalue weighted by molar-refractivity contribution is -0.276. The van der Waals surface area contributed by atoms with E-state index in [0.717, 1.165) is 32.9 Å². The number of nitrogens with zero attached hydrogens (tertiary/aromatic N) is 7. The van der Waals surface area contributed by atoms with Crippen molar-refractivity contribution in [1.29, 1.82) is 0 Å². The summed E-state index contributed by atoms with van der Waals surface area (Å²) in [5.41, 5.74) is -9.18. The molecule has 0 radical (unpaired) electrons. The van der Waals surface area contributed by atoms with Gasteiger partial charge in [-0.25, -0.2) is 18.3 Å². The first kappa shape index (κ1) is 97.2. The van der Waals surface area contributed by atoms with E-state index < -0.39 is 241 Å². The normalized spacial score (nSPS) is 20.4. The molecule has 6 aliphatic heterocycles. The van der Waals surface area contributed by atoms with Crippen LogP contribution in [-0.2, 0) is 61.9 Å². The Bertz CT molecular complexity index is 5540. The number of oxime groups is 3. The summed E-state index contributed by atoms with van der Waals surface area (Å²) in [4.78, 5) is 52.8. The lowest BCUT2D eigenvalue weighted by Crippen LogP contribution is -2.64. The van der Waals surface area contributed by atoms with Gasteiger partial charge in [0.1, 0.15) is 19.6 Å². The van der Waals surface area contributed by atoms with E-state index in [1.54, 1.807) is 6.92 Å².